The Kier molecular flexibility index (Phi) is 18.3. The van der Waals surface area contributed by atoms with Crippen LogP contribution in [0.3, 0.4) is 0 Å². The number of rotatable bonds is 14. The topological polar surface area (TPSA) is 212 Å². The lowest BCUT2D eigenvalue weighted by Crippen LogP contribution is -2.63. The number of hydrogen-bond donors (Lipinski definition) is 5. The molecule has 4 aliphatic heterocycles. The number of cyclic esters (lactones) is 1. The van der Waals surface area contributed by atoms with Gasteiger partial charge in [-0.25, -0.2) is 15.2 Å². The second kappa shape index (κ2) is 23.0. The maximum absolute atomic E-state index is 15.0. The summed E-state index contributed by atoms with van der Waals surface area (Å²) in [4.78, 5) is 49.1. The average molecular weight is 986 g/mol. The van der Waals surface area contributed by atoms with Gasteiger partial charge in [-0.2, -0.15) is 0 Å². The highest BCUT2D eigenvalue weighted by atomic mass is 16.7. The SMILES string of the molecule is CC[C@H]1OC(=O)[C@H](C)[C@@H](O[C@H]2C[C@@](C)(OC)[C@@H](O)[C@H](C)O2)[C@H](C)[C@@H](O[C@@H]2O[C@H](C)C[C@H](N(C)C)[C@H]2O)[C@@](C)(OC)C[C@@H](C)C(=O)NC(C)[C@H]2N(NCCCc3ccc(-c4ccccc4)[nH]3)C(=O)O[C@]12C. The van der Waals surface area contributed by atoms with E-state index < -0.39 is 108 Å². The molecule has 2 amide bonds. The van der Waals surface area contributed by atoms with Crippen molar-refractivity contribution in [3.05, 3.63) is 48.2 Å². The highest BCUT2D eigenvalue weighted by molar-refractivity contribution is 5.79. The van der Waals surface area contributed by atoms with Crippen LogP contribution >= 0.6 is 0 Å². The van der Waals surface area contributed by atoms with E-state index in [-0.39, 0.29) is 37.3 Å². The first-order chi connectivity index (χ1) is 33.0. The number of fused-ring (bicyclic) bond motifs is 1. The van der Waals surface area contributed by atoms with Crippen LogP contribution in [-0.4, -0.2) is 168 Å². The number of hydrogen-bond acceptors (Lipinski definition) is 15. The molecule has 18 heteroatoms. The lowest BCUT2D eigenvalue weighted by atomic mass is 9.77. The third-order valence-corrected chi connectivity index (χ3v) is 15.6. The molecule has 394 valence electrons. The van der Waals surface area contributed by atoms with Crippen molar-refractivity contribution >= 4 is 18.0 Å². The first-order valence-electron chi connectivity index (χ1n) is 25.2. The smallest absolute Gasteiger partial charge is 0.425 e. The van der Waals surface area contributed by atoms with Crippen LogP contribution in [0.2, 0.25) is 0 Å². The summed E-state index contributed by atoms with van der Waals surface area (Å²) in [6.07, 6.45) is -6.39. The van der Waals surface area contributed by atoms with Crippen LogP contribution < -0.4 is 10.7 Å². The van der Waals surface area contributed by atoms with Gasteiger partial charge < -0.3 is 63.3 Å². The number of ether oxygens (including phenoxy) is 8. The molecule has 4 aliphatic rings. The molecule has 2 aromatic rings. The van der Waals surface area contributed by atoms with Crippen molar-refractivity contribution in [1.82, 2.24) is 25.6 Å². The molecule has 0 bridgehead atoms. The number of H-pyrrole nitrogens is 1. The van der Waals surface area contributed by atoms with E-state index in [1.807, 2.05) is 71.8 Å². The fourth-order valence-electron chi connectivity index (χ4n) is 11.4. The van der Waals surface area contributed by atoms with Crippen LogP contribution in [-0.2, 0) is 53.9 Å². The number of likely N-dealkylation sites (N-methyl/N-ethyl adjacent to an activating group) is 1. The predicted octanol–water partition coefficient (Wildman–Crippen LogP) is 5.34. The average Bonchev–Trinajstić information content (AvgIpc) is 3.90. The van der Waals surface area contributed by atoms with Crippen LogP contribution in [0.25, 0.3) is 11.3 Å². The number of carbonyl (C=O) groups excluding carboxylic acids is 3. The number of benzene rings is 1. The van der Waals surface area contributed by atoms with Crippen LogP contribution in [0, 0.1) is 17.8 Å². The maximum Gasteiger partial charge on any atom is 0.425 e. The van der Waals surface area contributed by atoms with Crippen LogP contribution in [0.15, 0.2) is 42.5 Å². The van der Waals surface area contributed by atoms with E-state index in [2.05, 4.69) is 40.0 Å². The Labute approximate surface area is 415 Å². The standard InChI is InChI=1S/C52H83N5O13/c1-15-39-52(10)43(57(49(62)70-52)53-25-19-22-36-23-24-37(55-36)35-20-17-16-18-21-35)33(6)54-46(60)29(2)27-51(9,64-14)45(69-48-41(58)38(56(11)12)26-30(3)65-48)31(4)42(32(5)47(61)67-39)68-40-28-50(8,63-13)44(59)34(7)66-40/h16-18,20-21,23-24,29-34,38-45,48,53,55,58-59H,15,19,22,25-28H2,1-14H3,(H,54,60)/t29-,30-,31+,32-,33?,34+,38+,39-,40+,41-,42+,43-,44+,45-,48+,50-,51+,52-/m1/s1. The summed E-state index contributed by atoms with van der Waals surface area (Å²) in [6.45, 7) is 18.5. The fraction of sp³-hybridized carbons (Fsp3) is 0.750. The van der Waals surface area contributed by atoms with E-state index >= 15 is 0 Å². The summed E-state index contributed by atoms with van der Waals surface area (Å²) < 4.78 is 51.6. The van der Waals surface area contributed by atoms with E-state index in [9.17, 15) is 24.6 Å². The number of carbonyl (C=O) groups is 3. The first-order valence-corrected chi connectivity index (χ1v) is 25.2. The third-order valence-electron chi connectivity index (χ3n) is 15.6. The number of aliphatic hydroxyl groups is 2. The molecule has 70 heavy (non-hydrogen) atoms. The minimum Gasteiger partial charge on any atom is -0.458 e. The number of aliphatic hydroxyl groups excluding tert-OH is 2. The Hall–Kier alpha value is -3.69. The third kappa shape index (κ3) is 11.9. The normalized spacial score (nSPS) is 40.2. The largest absolute Gasteiger partial charge is 0.458 e. The number of hydrazine groups is 1. The van der Waals surface area contributed by atoms with Crippen molar-refractivity contribution < 1.29 is 62.5 Å². The number of methoxy groups -OCH3 is 2. The number of nitrogens with one attached hydrogen (secondary N) is 3. The van der Waals surface area contributed by atoms with Gasteiger partial charge in [0, 0.05) is 56.5 Å². The van der Waals surface area contributed by atoms with Crippen molar-refractivity contribution in [2.45, 2.75) is 198 Å². The van der Waals surface area contributed by atoms with Gasteiger partial charge in [0.05, 0.1) is 47.6 Å². The second-order valence-corrected chi connectivity index (χ2v) is 21.2. The quantitative estimate of drug-likeness (QED) is 0.120. The van der Waals surface area contributed by atoms with E-state index in [1.165, 1.54) is 12.1 Å². The molecule has 0 saturated carbocycles. The molecular formula is C52H83N5O13. The van der Waals surface area contributed by atoms with Gasteiger partial charge in [0.1, 0.15) is 24.4 Å². The summed E-state index contributed by atoms with van der Waals surface area (Å²) in [5.74, 6) is -3.43. The van der Waals surface area contributed by atoms with E-state index in [0.29, 0.717) is 25.8 Å². The fourth-order valence-corrected chi connectivity index (χ4v) is 11.4. The second-order valence-electron chi connectivity index (χ2n) is 21.2. The molecule has 5 N–H and O–H groups in total. The molecule has 5 heterocycles. The van der Waals surface area contributed by atoms with E-state index in [4.69, 9.17) is 37.9 Å². The lowest BCUT2D eigenvalue weighted by molar-refractivity contribution is -0.319. The molecule has 6 rings (SSSR count). The number of amides is 2. The van der Waals surface area contributed by atoms with Crippen molar-refractivity contribution in [3.8, 4) is 11.3 Å². The van der Waals surface area contributed by atoms with Gasteiger partial charge >= 0.3 is 12.1 Å². The van der Waals surface area contributed by atoms with Crippen LogP contribution in [0.4, 0.5) is 4.79 Å². The molecule has 4 fully saturated rings. The number of esters is 1. The van der Waals surface area contributed by atoms with E-state index in [1.54, 1.807) is 41.7 Å². The predicted molar refractivity (Wildman–Crippen MR) is 261 cm³/mol. The Bertz CT molecular complexity index is 2040. The minimum atomic E-state index is -1.45. The number of aromatic nitrogens is 1. The van der Waals surface area contributed by atoms with Crippen LogP contribution in [0.1, 0.15) is 107 Å². The van der Waals surface area contributed by atoms with Gasteiger partial charge in [0.15, 0.2) is 18.2 Å². The monoisotopic (exact) mass is 986 g/mol. The number of aryl methyl sites for hydroxylation is 1. The molecule has 1 unspecified atom stereocenters. The zero-order chi connectivity index (χ0) is 51.5. The van der Waals surface area contributed by atoms with Gasteiger partial charge in [0.2, 0.25) is 5.91 Å². The summed E-state index contributed by atoms with van der Waals surface area (Å²) in [6, 6.07) is 12.3. The number of nitrogens with zero attached hydrogens (tertiary/aromatic N) is 2. The van der Waals surface area contributed by atoms with Gasteiger partial charge in [0.25, 0.3) is 0 Å². The molecular weight excluding hydrogens is 903 g/mol. The van der Waals surface area contributed by atoms with Crippen molar-refractivity contribution in [2.24, 2.45) is 17.8 Å². The zero-order valence-electron chi connectivity index (χ0n) is 43.9. The van der Waals surface area contributed by atoms with Gasteiger partial charge in [-0.05, 0) is 112 Å². The summed E-state index contributed by atoms with van der Waals surface area (Å²) in [5.41, 5.74) is 2.68. The molecule has 0 aliphatic carbocycles. The number of aromatic amines is 1. The Morgan fingerprint density at radius 2 is 1.59 bits per heavy atom. The maximum atomic E-state index is 15.0. The molecule has 18 nitrogen and oxygen atoms in total. The van der Waals surface area contributed by atoms with Crippen molar-refractivity contribution in [2.75, 3.05) is 34.9 Å². The summed E-state index contributed by atoms with van der Waals surface area (Å²) in [7, 11) is 6.84. The minimum absolute atomic E-state index is 0.116. The Morgan fingerprint density at radius 1 is 0.900 bits per heavy atom. The zero-order valence-corrected chi connectivity index (χ0v) is 43.9. The first kappa shape index (κ1) is 55.6. The Balaban J connectivity index is 1.35. The Morgan fingerprint density at radius 3 is 2.23 bits per heavy atom. The van der Waals surface area contributed by atoms with Gasteiger partial charge in [-0.15, -0.1) is 0 Å². The van der Waals surface area contributed by atoms with Crippen molar-refractivity contribution in [3.63, 3.8) is 0 Å². The molecule has 4 saturated heterocycles. The van der Waals surface area contributed by atoms with E-state index in [0.717, 1.165) is 17.0 Å². The molecule has 1 aromatic carbocycles. The molecule has 0 spiro atoms. The highest BCUT2D eigenvalue weighted by Gasteiger charge is 2.60. The molecule has 18 atom stereocenters. The van der Waals surface area contributed by atoms with Crippen molar-refractivity contribution in [1.29, 1.82) is 0 Å². The molecule has 0 radical (unpaired) electrons. The summed E-state index contributed by atoms with van der Waals surface area (Å²) in [5, 5.41) is 27.6. The lowest BCUT2D eigenvalue weighted by Gasteiger charge is -2.49. The van der Waals surface area contributed by atoms with Gasteiger partial charge in [-0.1, -0.05) is 51.1 Å². The summed E-state index contributed by atoms with van der Waals surface area (Å²) >= 11 is 0. The van der Waals surface area contributed by atoms with Crippen LogP contribution in [0.5, 0.6) is 0 Å². The van der Waals surface area contributed by atoms with Gasteiger partial charge in [-0.3, -0.25) is 9.59 Å². The highest BCUT2D eigenvalue weighted by Crippen LogP contribution is 2.42. The molecule has 1 aromatic heterocycles.